The summed E-state index contributed by atoms with van der Waals surface area (Å²) in [6.45, 7) is 1.99. The van der Waals surface area contributed by atoms with Crippen molar-refractivity contribution in [3.05, 3.63) is 112 Å². The Morgan fingerprint density at radius 1 is 1.00 bits per heavy atom. The SMILES string of the molecule is Cc1nc2ccccn2c1/C(O)=C1\C(=O)C(=O)N(Cc2ccccc2)C1c1ccc(Cl)cc1. The lowest BCUT2D eigenvalue weighted by molar-refractivity contribution is -0.140. The van der Waals surface area contributed by atoms with Crippen LogP contribution in [0.1, 0.15) is 28.6 Å². The number of imidazole rings is 1. The molecule has 1 aliphatic rings. The lowest BCUT2D eigenvalue weighted by Crippen LogP contribution is -2.29. The van der Waals surface area contributed by atoms with Crippen molar-refractivity contribution in [1.82, 2.24) is 14.3 Å². The molecule has 1 unspecified atom stereocenters. The summed E-state index contributed by atoms with van der Waals surface area (Å²) in [5.41, 5.74) is 3.18. The van der Waals surface area contributed by atoms with Crippen LogP contribution in [0.4, 0.5) is 0 Å². The summed E-state index contributed by atoms with van der Waals surface area (Å²) in [6.07, 6.45) is 1.77. The van der Waals surface area contributed by atoms with E-state index >= 15 is 0 Å². The second-order valence-electron chi connectivity index (χ2n) is 7.94. The van der Waals surface area contributed by atoms with Crippen LogP contribution >= 0.6 is 11.6 Å². The third-order valence-electron chi connectivity index (χ3n) is 5.85. The number of aliphatic hydroxyl groups excluding tert-OH is 1. The largest absolute Gasteiger partial charge is 0.505 e. The fourth-order valence-corrected chi connectivity index (χ4v) is 4.47. The van der Waals surface area contributed by atoms with Crippen molar-refractivity contribution in [2.45, 2.75) is 19.5 Å². The number of carbonyl (C=O) groups excluding carboxylic acids is 2. The van der Waals surface area contributed by atoms with Crippen molar-refractivity contribution in [3.63, 3.8) is 0 Å². The van der Waals surface area contributed by atoms with E-state index in [1.807, 2.05) is 48.5 Å². The zero-order valence-electron chi connectivity index (χ0n) is 17.8. The molecule has 1 amide bonds. The van der Waals surface area contributed by atoms with Gasteiger partial charge in [-0.2, -0.15) is 0 Å². The number of fused-ring (bicyclic) bond motifs is 1. The second-order valence-corrected chi connectivity index (χ2v) is 8.38. The number of likely N-dealkylation sites (tertiary alicyclic amines) is 1. The molecular formula is C26H20ClN3O3. The maximum atomic E-state index is 13.3. The van der Waals surface area contributed by atoms with Gasteiger partial charge < -0.3 is 10.0 Å². The van der Waals surface area contributed by atoms with Crippen LogP contribution in [0.3, 0.4) is 0 Å². The van der Waals surface area contributed by atoms with Gasteiger partial charge in [0.25, 0.3) is 11.7 Å². The molecule has 6 nitrogen and oxygen atoms in total. The zero-order chi connectivity index (χ0) is 23.1. The van der Waals surface area contributed by atoms with E-state index in [0.717, 1.165) is 5.56 Å². The number of amides is 1. The first-order valence-corrected chi connectivity index (χ1v) is 10.9. The molecule has 33 heavy (non-hydrogen) atoms. The number of halogens is 1. The van der Waals surface area contributed by atoms with E-state index < -0.39 is 17.7 Å². The molecule has 0 aliphatic carbocycles. The number of aliphatic hydroxyl groups is 1. The molecule has 164 valence electrons. The van der Waals surface area contributed by atoms with Gasteiger partial charge in [0.05, 0.1) is 17.3 Å². The average molecular weight is 458 g/mol. The van der Waals surface area contributed by atoms with Gasteiger partial charge in [-0.05, 0) is 42.3 Å². The topological polar surface area (TPSA) is 74.9 Å². The van der Waals surface area contributed by atoms with Gasteiger partial charge in [0, 0.05) is 17.8 Å². The fraction of sp³-hybridized carbons (Fsp3) is 0.115. The molecular weight excluding hydrogens is 438 g/mol. The van der Waals surface area contributed by atoms with Gasteiger partial charge in [0.2, 0.25) is 0 Å². The summed E-state index contributed by atoms with van der Waals surface area (Å²) < 4.78 is 1.72. The minimum Gasteiger partial charge on any atom is -0.505 e. The summed E-state index contributed by atoms with van der Waals surface area (Å²) >= 11 is 6.09. The van der Waals surface area contributed by atoms with E-state index in [0.29, 0.717) is 27.6 Å². The Balaban J connectivity index is 1.72. The summed E-state index contributed by atoms with van der Waals surface area (Å²) in [5.74, 6) is -1.64. The number of ketones is 1. The van der Waals surface area contributed by atoms with Crippen LogP contribution in [0.25, 0.3) is 11.4 Å². The van der Waals surface area contributed by atoms with Gasteiger partial charge >= 0.3 is 0 Å². The summed E-state index contributed by atoms with van der Waals surface area (Å²) in [6, 6.07) is 21.1. The molecule has 1 fully saturated rings. The Labute approximate surface area is 195 Å². The van der Waals surface area contributed by atoms with Crippen molar-refractivity contribution < 1.29 is 14.7 Å². The molecule has 7 heteroatoms. The van der Waals surface area contributed by atoms with Crippen molar-refractivity contribution in [1.29, 1.82) is 0 Å². The predicted octanol–water partition coefficient (Wildman–Crippen LogP) is 4.92. The molecule has 2 aromatic carbocycles. The minimum absolute atomic E-state index is 0.0343. The number of nitrogens with zero attached hydrogens (tertiary/aromatic N) is 3. The number of hydrogen-bond acceptors (Lipinski definition) is 4. The number of aromatic nitrogens is 2. The highest BCUT2D eigenvalue weighted by Gasteiger charge is 2.46. The van der Waals surface area contributed by atoms with Crippen LogP contribution in [0.15, 0.2) is 84.6 Å². The van der Waals surface area contributed by atoms with E-state index in [1.54, 1.807) is 41.8 Å². The molecule has 0 radical (unpaired) electrons. The van der Waals surface area contributed by atoms with Crippen molar-refractivity contribution in [2.24, 2.45) is 0 Å². The highest BCUT2D eigenvalue weighted by Crippen LogP contribution is 2.41. The number of rotatable bonds is 4. The summed E-state index contributed by atoms with van der Waals surface area (Å²) in [5, 5.41) is 12.0. The molecule has 1 N–H and O–H groups in total. The van der Waals surface area contributed by atoms with E-state index in [-0.39, 0.29) is 17.9 Å². The predicted molar refractivity (Wildman–Crippen MR) is 126 cm³/mol. The Kier molecular flexibility index (Phi) is 5.23. The number of pyridine rings is 1. The third kappa shape index (κ3) is 3.58. The van der Waals surface area contributed by atoms with E-state index in [2.05, 4.69) is 4.98 Å². The Hall–Kier alpha value is -3.90. The number of aryl methyl sites for hydroxylation is 1. The van der Waals surface area contributed by atoms with E-state index in [1.165, 1.54) is 4.90 Å². The number of Topliss-reactive ketones (excluding diaryl/α,β-unsaturated/α-hetero) is 1. The maximum absolute atomic E-state index is 13.3. The fourth-order valence-electron chi connectivity index (χ4n) is 4.34. The quantitative estimate of drug-likeness (QED) is 0.268. The molecule has 5 rings (SSSR count). The molecule has 0 bridgehead atoms. The lowest BCUT2D eigenvalue weighted by Gasteiger charge is -2.25. The van der Waals surface area contributed by atoms with Gasteiger partial charge in [0.15, 0.2) is 5.76 Å². The van der Waals surface area contributed by atoms with E-state index in [4.69, 9.17) is 11.6 Å². The van der Waals surface area contributed by atoms with E-state index in [9.17, 15) is 14.7 Å². The number of benzene rings is 2. The average Bonchev–Trinajstić information content (AvgIpc) is 3.28. The van der Waals surface area contributed by atoms with Crippen LogP contribution in [0, 0.1) is 6.92 Å². The van der Waals surface area contributed by atoms with Gasteiger partial charge in [-0.15, -0.1) is 0 Å². The lowest BCUT2D eigenvalue weighted by atomic mass is 9.96. The zero-order valence-corrected chi connectivity index (χ0v) is 18.5. The minimum atomic E-state index is -0.767. The molecule has 0 saturated carbocycles. The molecule has 1 aliphatic heterocycles. The second kappa shape index (κ2) is 8.22. The smallest absolute Gasteiger partial charge is 0.295 e. The third-order valence-corrected chi connectivity index (χ3v) is 6.10. The number of hydrogen-bond donors (Lipinski definition) is 1. The Morgan fingerprint density at radius 2 is 1.70 bits per heavy atom. The monoisotopic (exact) mass is 457 g/mol. The molecule has 0 spiro atoms. The first kappa shape index (κ1) is 21.0. The van der Waals surface area contributed by atoms with Gasteiger partial charge in [-0.25, -0.2) is 4.98 Å². The van der Waals surface area contributed by atoms with Crippen LogP contribution in [0.5, 0.6) is 0 Å². The first-order valence-electron chi connectivity index (χ1n) is 10.5. The maximum Gasteiger partial charge on any atom is 0.295 e. The molecule has 3 heterocycles. The standard InChI is InChI=1S/C26H20ClN3O3/c1-16-22(29-14-6-5-9-20(29)28-16)24(31)21-23(18-10-12-19(27)13-11-18)30(26(33)25(21)32)15-17-7-3-2-4-8-17/h2-14,23,31H,15H2,1H3/b24-21+. The summed E-state index contributed by atoms with van der Waals surface area (Å²) in [7, 11) is 0. The van der Waals surface area contributed by atoms with Crippen LogP contribution in [-0.4, -0.2) is 31.1 Å². The van der Waals surface area contributed by atoms with Crippen LogP contribution < -0.4 is 0 Å². The van der Waals surface area contributed by atoms with Crippen molar-refractivity contribution in [2.75, 3.05) is 0 Å². The summed E-state index contributed by atoms with van der Waals surface area (Å²) in [4.78, 5) is 32.4. The van der Waals surface area contributed by atoms with Crippen molar-refractivity contribution >= 4 is 34.7 Å². The highest BCUT2D eigenvalue weighted by atomic mass is 35.5. The van der Waals surface area contributed by atoms with Gasteiger partial charge in [-0.3, -0.25) is 14.0 Å². The normalized spacial score (nSPS) is 17.8. The molecule has 2 aromatic heterocycles. The Morgan fingerprint density at radius 3 is 2.42 bits per heavy atom. The highest BCUT2D eigenvalue weighted by molar-refractivity contribution is 6.46. The van der Waals surface area contributed by atoms with Crippen LogP contribution in [0.2, 0.25) is 5.02 Å². The van der Waals surface area contributed by atoms with Crippen molar-refractivity contribution in [3.8, 4) is 0 Å². The van der Waals surface area contributed by atoms with Crippen LogP contribution in [-0.2, 0) is 16.1 Å². The van der Waals surface area contributed by atoms with Gasteiger partial charge in [0.1, 0.15) is 11.3 Å². The Bertz CT molecular complexity index is 1410. The first-order chi connectivity index (χ1) is 16.0. The number of carbonyl (C=O) groups is 2. The van der Waals surface area contributed by atoms with Gasteiger partial charge in [-0.1, -0.05) is 60.1 Å². The molecule has 4 aromatic rings. The molecule has 1 saturated heterocycles. The molecule has 1 atom stereocenters.